The van der Waals surface area contributed by atoms with Gasteiger partial charge in [-0.05, 0) is 36.6 Å². The first-order chi connectivity index (χ1) is 14.0. The highest BCUT2D eigenvalue weighted by Gasteiger charge is 2.35. The lowest BCUT2D eigenvalue weighted by atomic mass is 10.0. The van der Waals surface area contributed by atoms with Crippen LogP contribution in [0.4, 0.5) is 13.2 Å². The summed E-state index contributed by atoms with van der Waals surface area (Å²) in [5.74, 6) is -1.30. The summed E-state index contributed by atoms with van der Waals surface area (Å²) >= 11 is 0. The Morgan fingerprint density at radius 3 is 2.33 bits per heavy atom. The molecule has 0 aromatic heterocycles. The van der Waals surface area contributed by atoms with Crippen molar-refractivity contribution in [3.8, 4) is 0 Å². The van der Waals surface area contributed by atoms with E-state index in [4.69, 9.17) is 0 Å². The Balaban J connectivity index is 2.06. The van der Waals surface area contributed by atoms with E-state index in [-0.39, 0.29) is 11.5 Å². The highest BCUT2D eigenvalue weighted by molar-refractivity contribution is 5.97. The molecule has 0 radical (unpaired) electrons. The van der Waals surface area contributed by atoms with Gasteiger partial charge < -0.3 is 15.7 Å². The van der Waals surface area contributed by atoms with Gasteiger partial charge in [0.2, 0.25) is 5.91 Å². The lowest BCUT2D eigenvalue weighted by molar-refractivity contribution is -0.139. The molecule has 2 amide bonds. The molecule has 2 rings (SSSR count). The van der Waals surface area contributed by atoms with Crippen molar-refractivity contribution < 1.29 is 27.9 Å². The van der Waals surface area contributed by atoms with Crippen LogP contribution in [0, 0.1) is 12.8 Å². The molecule has 3 N–H and O–H groups in total. The third kappa shape index (κ3) is 6.06. The fourth-order valence-corrected chi connectivity index (χ4v) is 3.01. The molecule has 0 fully saturated rings. The Morgan fingerprint density at radius 1 is 1.07 bits per heavy atom. The van der Waals surface area contributed by atoms with Crippen molar-refractivity contribution in [3.05, 3.63) is 70.8 Å². The van der Waals surface area contributed by atoms with Crippen molar-refractivity contribution in [2.75, 3.05) is 6.54 Å². The number of rotatable bonds is 7. The van der Waals surface area contributed by atoms with Crippen LogP contribution in [0.25, 0.3) is 0 Å². The maximum atomic E-state index is 13.1. The van der Waals surface area contributed by atoms with Crippen molar-refractivity contribution >= 4 is 11.8 Å². The Morgan fingerprint density at radius 2 is 1.73 bits per heavy atom. The summed E-state index contributed by atoms with van der Waals surface area (Å²) in [4.78, 5) is 25.0. The average Bonchev–Trinajstić information content (AvgIpc) is 2.68. The maximum absolute atomic E-state index is 13.1. The number of amides is 2. The molecule has 0 spiro atoms. The first-order valence-corrected chi connectivity index (χ1v) is 9.50. The summed E-state index contributed by atoms with van der Waals surface area (Å²) in [6, 6.07) is 10.6. The molecule has 2 aromatic carbocycles. The Hall–Kier alpha value is -2.87. The van der Waals surface area contributed by atoms with E-state index >= 15 is 0 Å². The molecule has 2 atom stereocenters. The monoisotopic (exact) mass is 422 g/mol. The molecule has 0 aliphatic rings. The van der Waals surface area contributed by atoms with Crippen LogP contribution >= 0.6 is 0 Å². The molecule has 0 bridgehead atoms. The number of carbonyl (C=O) groups is 2. The van der Waals surface area contributed by atoms with Gasteiger partial charge in [-0.1, -0.05) is 49.7 Å². The van der Waals surface area contributed by atoms with E-state index < -0.39 is 42.2 Å². The molecular formula is C22H25F3N2O3. The van der Waals surface area contributed by atoms with E-state index in [1.165, 1.54) is 18.2 Å². The van der Waals surface area contributed by atoms with Crippen molar-refractivity contribution in [1.82, 2.24) is 10.6 Å². The van der Waals surface area contributed by atoms with Crippen LogP contribution in [-0.2, 0) is 11.0 Å². The summed E-state index contributed by atoms with van der Waals surface area (Å²) in [6.07, 6.45) is -6.17. The minimum absolute atomic E-state index is 0.279. The van der Waals surface area contributed by atoms with Crippen LogP contribution in [0.3, 0.4) is 0 Å². The van der Waals surface area contributed by atoms with Gasteiger partial charge in [-0.25, -0.2) is 0 Å². The van der Waals surface area contributed by atoms with Gasteiger partial charge in [0.15, 0.2) is 0 Å². The van der Waals surface area contributed by atoms with Gasteiger partial charge in [-0.15, -0.1) is 0 Å². The van der Waals surface area contributed by atoms with Crippen LogP contribution in [0.5, 0.6) is 0 Å². The Kier molecular flexibility index (Phi) is 7.61. The van der Waals surface area contributed by atoms with Crippen LogP contribution in [0.15, 0.2) is 48.5 Å². The van der Waals surface area contributed by atoms with E-state index in [1.807, 2.05) is 13.0 Å². The summed E-state index contributed by atoms with van der Waals surface area (Å²) in [6.45, 7) is 4.88. The molecular weight excluding hydrogens is 397 g/mol. The van der Waals surface area contributed by atoms with E-state index in [2.05, 4.69) is 10.6 Å². The molecule has 0 aliphatic carbocycles. The first-order valence-electron chi connectivity index (χ1n) is 9.50. The highest BCUT2D eigenvalue weighted by Crippen LogP contribution is 2.34. The highest BCUT2D eigenvalue weighted by atomic mass is 19.4. The predicted molar refractivity (Wildman–Crippen MR) is 107 cm³/mol. The number of aliphatic hydroxyl groups excluding tert-OH is 1. The summed E-state index contributed by atoms with van der Waals surface area (Å²) in [5, 5.41) is 15.3. The molecule has 8 heteroatoms. The molecule has 0 saturated heterocycles. The number of aryl methyl sites for hydroxylation is 1. The third-order valence-corrected chi connectivity index (χ3v) is 4.61. The number of aliphatic hydroxyl groups is 1. The van der Waals surface area contributed by atoms with Crippen molar-refractivity contribution in [2.45, 2.75) is 39.1 Å². The molecule has 0 heterocycles. The smallest absolute Gasteiger partial charge is 0.387 e. The first kappa shape index (κ1) is 23.4. The number of benzene rings is 2. The lowest BCUT2D eigenvalue weighted by Crippen LogP contribution is -2.50. The second-order valence-corrected chi connectivity index (χ2v) is 7.41. The van der Waals surface area contributed by atoms with E-state index in [1.54, 1.807) is 32.0 Å². The summed E-state index contributed by atoms with van der Waals surface area (Å²) in [7, 11) is 0. The van der Waals surface area contributed by atoms with Gasteiger partial charge in [0.25, 0.3) is 5.91 Å². The average molecular weight is 422 g/mol. The van der Waals surface area contributed by atoms with Crippen molar-refractivity contribution in [3.63, 3.8) is 0 Å². The standard InChI is InChI=1S/C22H25F3N2O3/c1-13(2)19(27-20(29)15-8-6-7-14(3)11-15)21(30)26-12-18(28)16-9-4-5-10-17(16)22(23,24)25/h4-11,13,18-19,28H,12H2,1-3H3,(H,26,30)(H,27,29). The number of halogens is 3. The molecule has 2 unspecified atom stereocenters. The van der Waals surface area contributed by atoms with Crippen molar-refractivity contribution in [2.24, 2.45) is 5.92 Å². The van der Waals surface area contributed by atoms with Gasteiger partial charge in [0.1, 0.15) is 6.04 Å². The van der Waals surface area contributed by atoms with Crippen LogP contribution in [0.2, 0.25) is 0 Å². The number of carbonyl (C=O) groups excluding carboxylic acids is 2. The molecule has 162 valence electrons. The van der Waals surface area contributed by atoms with Crippen molar-refractivity contribution in [1.29, 1.82) is 0 Å². The largest absolute Gasteiger partial charge is 0.416 e. The van der Waals surface area contributed by atoms with Gasteiger partial charge in [-0.3, -0.25) is 9.59 Å². The SMILES string of the molecule is Cc1cccc(C(=O)NC(C(=O)NCC(O)c2ccccc2C(F)(F)F)C(C)C)c1. The fourth-order valence-electron chi connectivity index (χ4n) is 3.01. The number of alkyl halides is 3. The van der Waals surface area contributed by atoms with E-state index in [9.17, 15) is 27.9 Å². The van der Waals surface area contributed by atoms with E-state index in [0.29, 0.717) is 5.56 Å². The summed E-state index contributed by atoms with van der Waals surface area (Å²) in [5.41, 5.74) is 0.00217. The predicted octanol–water partition coefficient (Wildman–Crippen LogP) is 3.62. The maximum Gasteiger partial charge on any atom is 0.416 e. The second kappa shape index (κ2) is 9.75. The number of nitrogens with one attached hydrogen (secondary N) is 2. The van der Waals surface area contributed by atoms with Crippen LogP contribution in [-0.4, -0.2) is 29.5 Å². The Bertz CT molecular complexity index is 897. The third-order valence-electron chi connectivity index (χ3n) is 4.61. The minimum Gasteiger partial charge on any atom is -0.387 e. The zero-order chi connectivity index (χ0) is 22.5. The Labute approximate surface area is 173 Å². The molecule has 0 saturated carbocycles. The molecule has 5 nitrogen and oxygen atoms in total. The quantitative estimate of drug-likeness (QED) is 0.638. The summed E-state index contributed by atoms with van der Waals surface area (Å²) < 4.78 is 39.4. The zero-order valence-electron chi connectivity index (χ0n) is 17.0. The lowest BCUT2D eigenvalue weighted by Gasteiger charge is -2.23. The van der Waals surface area contributed by atoms with E-state index in [0.717, 1.165) is 11.6 Å². The fraction of sp³-hybridized carbons (Fsp3) is 0.364. The second-order valence-electron chi connectivity index (χ2n) is 7.41. The van der Waals surface area contributed by atoms with Gasteiger partial charge in [-0.2, -0.15) is 13.2 Å². The molecule has 0 aliphatic heterocycles. The normalized spacial score (nSPS) is 13.6. The van der Waals surface area contributed by atoms with Gasteiger partial charge in [0, 0.05) is 12.1 Å². The van der Waals surface area contributed by atoms with Gasteiger partial charge in [0.05, 0.1) is 11.7 Å². The minimum atomic E-state index is -4.62. The zero-order valence-corrected chi connectivity index (χ0v) is 17.0. The topological polar surface area (TPSA) is 78.4 Å². The van der Waals surface area contributed by atoms with Crippen LogP contribution in [0.1, 0.15) is 47.0 Å². The molecule has 2 aromatic rings. The number of hydrogen-bond acceptors (Lipinski definition) is 3. The van der Waals surface area contributed by atoms with Gasteiger partial charge >= 0.3 is 6.18 Å². The van der Waals surface area contributed by atoms with Crippen LogP contribution < -0.4 is 10.6 Å². The number of hydrogen-bond donors (Lipinski definition) is 3. The molecule has 30 heavy (non-hydrogen) atoms.